The molecule has 1 aliphatic rings. The van der Waals surface area contributed by atoms with Crippen molar-refractivity contribution in [1.29, 1.82) is 0 Å². The molecular weight excluding hydrogens is 609 g/mol. The fourth-order valence-electron chi connectivity index (χ4n) is 5.54. The summed E-state index contributed by atoms with van der Waals surface area (Å²) >= 11 is 0. The van der Waals surface area contributed by atoms with Gasteiger partial charge in [0, 0.05) is 37.8 Å². The van der Waals surface area contributed by atoms with E-state index >= 15 is 0 Å². The zero-order valence-corrected chi connectivity index (χ0v) is 27.9. The number of ether oxygens (including phenoxy) is 2. The standard InChI is InChI=1S/C35H46FN3O6S/c1-25-21-39(26(2)24-40)35(41)32-20-30(37-46(42,43)31-16-13-29(36)14-17-31)15-18-33(32)45-27(3)10-8-9-19-44-34(25)23-38(4)22-28-11-6-5-7-12-28/h5-7,11-18,20,25-27,34,37,40H,8-10,19,21-24H2,1-4H3/t25-,26+,27-,34+/m0/s1. The first-order chi connectivity index (χ1) is 22.0. The summed E-state index contributed by atoms with van der Waals surface area (Å²) in [6, 6.07) is 18.8. The van der Waals surface area contributed by atoms with Crippen LogP contribution in [-0.2, 0) is 21.3 Å². The summed E-state index contributed by atoms with van der Waals surface area (Å²) in [6.45, 7) is 7.77. The van der Waals surface area contributed by atoms with Gasteiger partial charge in [0.25, 0.3) is 15.9 Å². The lowest BCUT2D eigenvalue weighted by molar-refractivity contribution is -0.0177. The summed E-state index contributed by atoms with van der Waals surface area (Å²) < 4.78 is 54.8. The Labute approximate surface area is 272 Å². The number of aliphatic hydroxyl groups is 1. The third-order valence-electron chi connectivity index (χ3n) is 8.21. The van der Waals surface area contributed by atoms with E-state index in [1.165, 1.54) is 29.8 Å². The Morgan fingerprint density at radius 3 is 2.48 bits per heavy atom. The highest BCUT2D eigenvalue weighted by Gasteiger charge is 2.30. The molecule has 0 aliphatic carbocycles. The summed E-state index contributed by atoms with van der Waals surface area (Å²) in [4.78, 5) is 18.0. The first-order valence-corrected chi connectivity index (χ1v) is 17.3. The lowest BCUT2D eigenvalue weighted by Crippen LogP contribution is -2.47. The average molecular weight is 656 g/mol. The van der Waals surface area contributed by atoms with Crippen LogP contribution >= 0.6 is 0 Å². The molecule has 0 saturated carbocycles. The molecule has 0 spiro atoms. The number of benzene rings is 3. The number of rotatable bonds is 9. The molecule has 46 heavy (non-hydrogen) atoms. The highest BCUT2D eigenvalue weighted by Crippen LogP contribution is 2.29. The van der Waals surface area contributed by atoms with Gasteiger partial charge in [0.2, 0.25) is 0 Å². The van der Waals surface area contributed by atoms with Gasteiger partial charge in [-0.1, -0.05) is 37.3 Å². The van der Waals surface area contributed by atoms with Crippen LogP contribution in [0.25, 0.3) is 0 Å². The third kappa shape index (κ3) is 9.75. The maximum Gasteiger partial charge on any atom is 0.261 e. The number of fused-ring (bicyclic) bond motifs is 1. The summed E-state index contributed by atoms with van der Waals surface area (Å²) in [6.07, 6.45) is 2.06. The van der Waals surface area contributed by atoms with Crippen LogP contribution in [0.4, 0.5) is 10.1 Å². The van der Waals surface area contributed by atoms with E-state index < -0.39 is 27.8 Å². The Bertz CT molecular complexity index is 1520. The fourth-order valence-corrected chi connectivity index (χ4v) is 6.59. The van der Waals surface area contributed by atoms with Gasteiger partial charge in [0.05, 0.1) is 35.3 Å². The Kier molecular flexibility index (Phi) is 12.6. The molecule has 3 aromatic carbocycles. The van der Waals surface area contributed by atoms with Gasteiger partial charge in [-0.05, 0) is 88.2 Å². The SMILES string of the molecule is C[C@H](CO)N1C[C@H](C)[C@@H](CN(C)Cc2ccccc2)OCCCC[C@H](C)Oc2ccc(NS(=O)(=O)c3ccc(F)cc3)cc2C1=O. The minimum Gasteiger partial charge on any atom is -0.490 e. The minimum absolute atomic E-state index is 0.0948. The number of nitrogens with one attached hydrogen (secondary N) is 1. The molecule has 11 heteroatoms. The summed E-state index contributed by atoms with van der Waals surface area (Å²) in [7, 11) is -2.01. The van der Waals surface area contributed by atoms with Crippen molar-refractivity contribution in [1.82, 2.24) is 9.80 Å². The van der Waals surface area contributed by atoms with Gasteiger partial charge in [0.15, 0.2) is 0 Å². The maximum absolute atomic E-state index is 14.3. The number of hydrogen-bond donors (Lipinski definition) is 2. The largest absolute Gasteiger partial charge is 0.490 e. The van der Waals surface area contributed by atoms with Crippen LogP contribution in [0.1, 0.15) is 56.0 Å². The molecule has 2 N–H and O–H groups in total. The van der Waals surface area contributed by atoms with Gasteiger partial charge in [-0.15, -0.1) is 0 Å². The minimum atomic E-state index is -4.06. The highest BCUT2D eigenvalue weighted by molar-refractivity contribution is 7.92. The predicted molar refractivity (Wildman–Crippen MR) is 177 cm³/mol. The Morgan fingerprint density at radius 2 is 1.78 bits per heavy atom. The van der Waals surface area contributed by atoms with E-state index in [1.807, 2.05) is 32.0 Å². The topological polar surface area (TPSA) is 108 Å². The average Bonchev–Trinajstić information content (AvgIpc) is 3.03. The summed E-state index contributed by atoms with van der Waals surface area (Å²) in [5.41, 5.74) is 1.53. The molecule has 0 unspecified atom stereocenters. The molecule has 3 aromatic rings. The maximum atomic E-state index is 14.3. The van der Waals surface area contributed by atoms with E-state index in [0.29, 0.717) is 25.4 Å². The number of carbonyl (C=O) groups excluding carboxylic acids is 1. The monoisotopic (exact) mass is 655 g/mol. The van der Waals surface area contributed by atoms with E-state index in [2.05, 4.69) is 28.8 Å². The van der Waals surface area contributed by atoms with E-state index in [-0.39, 0.29) is 40.9 Å². The number of halogens is 1. The number of amides is 1. The number of carbonyl (C=O) groups is 1. The fraction of sp³-hybridized carbons (Fsp3) is 0.457. The Balaban J connectivity index is 1.64. The number of hydrogen-bond acceptors (Lipinski definition) is 7. The second kappa shape index (κ2) is 16.4. The molecule has 1 aliphatic heterocycles. The number of nitrogens with zero attached hydrogens (tertiary/aromatic N) is 2. The summed E-state index contributed by atoms with van der Waals surface area (Å²) in [5.74, 6) is -0.711. The van der Waals surface area contributed by atoms with Crippen LogP contribution in [0.5, 0.6) is 5.75 Å². The van der Waals surface area contributed by atoms with Crippen LogP contribution in [-0.4, -0.2) is 80.8 Å². The first-order valence-electron chi connectivity index (χ1n) is 15.8. The van der Waals surface area contributed by atoms with Crippen molar-refractivity contribution in [3.63, 3.8) is 0 Å². The molecule has 4 atom stereocenters. The van der Waals surface area contributed by atoms with Gasteiger partial charge in [-0.2, -0.15) is 0 Å². The predicted octanol–water partition coefficient (Wildman–Crippen LogP) is 5.55. The zero-order chi connectivity index (χ0) is 33.3. The zero-order valence-electron chi connectivity index (χ0n) is 27.1. The molecule has 9 nitrogen and oxygen atoms in total. The second-order valence-corrected chi connectivity index (χ2v) is 13.9. The Hall–Kier alpha value is -3.51. The van der Waals surface area contributed by atoms with E-state index in [0.717, 1.165) is 37.9 Å². The first kappa shape index (κ1) is 35.3. The third-order valence-corrected chi connectivity index (χ3v) is 9.61. The quantitative estimate of drug-likeness (QED) is 0.311. The lowest BCUT2D eigenvalue weighted by Gasteiger charge is -2.36. The molecule has 0 bridgehead atoms. The lowest BCUT2D eigenvalue weighted by atomic mass is 10.0. The molecule has 0 saturated heterocycles. The van der Waals surface area contributed by atoms with Gasteiger partial charge >= 0.3 is 0 Å². The number of aliphatic hydroxyl groups excluding tert-OH is 1. The van der Waals surface area contributed by atoms with Crippen LogP contribution < -0.4 is 9.46 Å². The molecular formula is C35H46FN3O6S. The van der Waals surface area contributed by atoms with Crippen LogP contribution in [0, 0.1) is 11.7 Å². The highest BCUT2D eigenvalue weighted by atomic mass is 32.2. The second-order valence-electron chi connectivity index (χ2n) is 12.3. The van der Waals surface area contributed by atoms with Gasteiger partial charge < -0.3 is 19.5 Å². The molecule has 250 valence electrons. The van der Waals surface area contributed by atoms with Crippen molar-refractivity contribution >= 4 is 21.6 Å². The van der Waals surface area contributed by atoms with Crippen molar-refractivity contribution in [2.24, 2.45) is 5.92 Å². The van der Waals surface area contributed by atoms with Crippen LogP contribution in [0.2, 0.25) is 0 Å². The molecule has 0 aromatic heterocycles. The van der Waals surface area contributed by atoms with E-state index in [4.69, 9.17) is 9.47 Å². The van der Waals surface area contributed by atoms with Crippen LogP contribution in [0.3, 0.4) is 0 Å². The molecule has 4 rings (SSSR count). The molecule has 1 amide bonds. The van der Waals surface area contributed by atoms with Crippen molar-refractivity contribution in [3.8, 4) is 5.75 Å². The Morgan fingerprint density at radius 1 is 1.07 bits per heavy atom. The van der Waals surface area contributed by atoms with Crippen molar-refractivity contribution < 1.29 is 32.2 Å². The molecule has 0 fully saturated rings. The normalized spacial score (nSPS) is 20.8. The van der Waals surface area contributed by atoms with Gasteiger partial charge in [-0.3, -0.25) is 14.4 Å². The summed E-state index contributed by atoms with van der Waals surface area (Å²) in [5, 5.41) is 10.2. The van der Waals surface area contributed by atoms with Crippen molar-refractivity contribution in [3.05, 3.63) is 89.7 Å². The number of likely N-dealkylation sites (N-methyl/N-ethyl adjacent to an activating group) is 1. The van der Waals surface area contributed by atoms with E-state index in [1.54, 1.807) is 17.9 Å². The van der Waals surface area contributed by atoms with E-state index in [9.17, 15) is 22.7 Å². The van der Waals surface area contributed by atoms with Gasteiger partial charge in [0.1, 0.15) is 11.6 Å². The molecule has 0 radical (unpaired) electrons. The van der Waals surface area contributed by atoms with Crippen molar-refractivity contribution in [2.75, 3.05) is 38.1 Å². The number of sulfonamides is 1. The molecule has 1 heterocycles. The van der Waals surface area contributed by atoms with Crippen LogP contribution in [0.15, 0.2) is 77.7 Å². The van der Waals surface area contributed by atoms with Gasteiger partial charge in [-0.25, -0.2) is 12.8 Å². The number of anilines is 1. The van der Waals surface area contributed by atoms with Crippen molar-refractivity contribution in [2.45, 2.75) is 69.7 Å². The smallest absolute Gasteiger partial charge is 0.261 e.